The number of pyridine rings is 1. The maximum atomic E-state index is 12.8. The molecule has 30 heavy (non-hydrogen) atoms. The standard InChI is InChI=1S/C20H19ClF3N3O3/c1-4-12(10-29-3)27-18-17(26-11(2)19(27)28)15(7-8-25-18)14-6-5-13(9-16(14)21)30-20(22,23)24/h5-9,12H,4,10H2,1-3H3/t12-/m1/s1. The number of hydrogen-bond acceptors (Lipinski definition) is 5. The molecule has 2 aromatic heterocycles. The average Bonchev–Trinajstić information content (AvgIpc) is 2.66. The second kappa shape index (κ2) is 8.61. The summed E-state index contributed by atoms with van der Waals surface area (Å²) in [6.45, 7) is 3.83. The Morgan fingerprint density at radius 3 is 2.57 bits per heavy atom. The summed E-state index contributed by atoms with van der Waals surface area (Å²) < 4.78 is 48.1. The summed E-state index contributed by atoms with van der Waals surface area (Å²) in [6.07, 6.45) is -2.69. The molecule has 0 aliphatic rings. The molecule has 1 aromatic carbocycles. The van der Waals surface area contributed by atoms with Crippen molar-refractivity contribution in [2.45, 2.75) is 32.7 Å². The summed E-state index contributed by atoms with van der Waals surface area (Å²) in [4.78, 5) is 21.6. The van der Waals surface area contributed by atoms with E-state index in [2.05, 4.69) is 14.7 Å². The lowest BCUT2D eigenvalue weighted by Crippen LogP contribution is -2.30. The van der Waals surface area contributed by atoms with Gasteiger partial charge < -0.3 is 9.47 Å². The van der Waals surface area contributed by atoms with Crippen LogP contribution in [0.1, 0.15) is 25.1 Å². The SMILES string of the molecule is CC[C@H](COC)n1c(=O)c(C)nc2c(-c3ccc(OC(F)(F)F)cc3Cl)ccnc21. The molecular weight excluding hydrogens is 423 g/mol. The van der Waals surface area contributed by atoms with Crippen molar-refractivity contribution in [3.05, 3.63) is 51.5 Å². The van der Waals surface area contributed by atoms with Crippen molar-refractivity contribution in [2.24, 2.45) is 0 Å². The molecule has 2 heterocycles. The topological polar surface area (TPSA) is 66.2 Å². The van der Waals surface area contributed by atoms with Gasteiger partial charge in [-0.2, -0.15) is 0 Å². The van der Waals surface area contributed by atoms with Gasteiger partial charge in [-0.1, -0.05) is 18.5 Å². The van der Waals surface area contributed by atoms with Crippen LogP contribution in [0, 0.1) is 6.92 Å². The zero-order valence-corrected chi connectivity index (χ0v) is 17.2. The predicted octanol–water partition coefficient (Wildman–Crippen LogP) is 4.92. The number of nitrogens with zero attached hydrogens (tertiary/aromatic N) is 3. The number of rotatable bonds is 6. The smallest absolute Gasteiger partial charge is 0.406 e. The van der Waals surface area contributed by atoms with Crippen LogP contribution in [0.15, 0.2) is 35.3 Å². The second-order valence-electron chi connectivity index (χ2n) is 6.61. The number of aromatic nitrogens is 3. The number of ether oxygens (including phenoxy) is 2. The van der Waals surface area contributed by atoms with Crippen molar-refractivity contribution >= 4 is 22.8 Å². The Morgan fingerprint density at radius 1 is 1.23 bits per heavy atom. The normalized spacial score (nSPS) is 12.9. The summed E-state index contributed by atoms with van der Waals surface area (Å²) >= 11 is 6.26. The number of fused-ring (bicyclic) bond motifs is 1. The monoisotopic (exact) mass is 441 g/mol. The second-order valence-corrected chi connectivity index (χ2v) is 7.02. The van der Waals surface area contributed by atoms with Crippen molar-refractivity contribution in [3.8, 4) is 16.9 Å². The molecule has 3 aromatic rings. The van der Waals surface area contributed by atoms with Crippen LogP contribution in [0.2, 0.25) is 5.02 Å². The Hall–Kier alpha value is -2.65. The highest BCUT2D eigenvalue weighted by Crippen LogP contribution is 2.36. The minimum absolute atomic E-state index is 0.0467. The molecule has 10 heteroatoms. The van der Waals surface area contributed by atoms with E-state index >= 15 is 0 Å². The van der Waals surface area contributed by atoms with Gasteiger partial charge in [-0.15, -0.1) is 13.2 Å². The molecule has 0 spiro atoms. The van der Waals surface area contributed by atoms with Crippen LogP contribution in [-0.2, 0) is 4.74 Å². The lowest BCUT2D eigenvalue weighted by atomic mass is 10.0. The van der Waals surface area contributed by atoms with E-state index in [1.165, 1.54) is 18.3 Å². The van der Waals surface area contributed by atoms with Crippen LogP contribution < -0.4 is 10.3 Å². The molecule has 0 fully saturated rings. The van der Waals surface area contributed by atoms with Crippen LogP contribution in [0.4, 0.5) is 13.2 Å². The molecule has 0 amide bonds. The minimum atomic E-state index is -4.82. The van der Waals surface area contributed by atoms with Crippen molar-refractivity contribution in [2.75, 3.05) is 13.7 Å². The van der Waals surface area contributed by atoms with Crippen LogP contribution in [0.3, 0.4) is 0 Å². The number of hydrogen-bond donors (Lipinski definition) is 0. The van der Waals surface area contributed by atoms with Crippen LogP contribution in [0.5, 0.6) is 5.75 Å². The number of benzene rings is 1. The minimum Gasteiger partial charge on any atom is -0.406 e. The van der Waals surface area contributed by atoms with Gasteiger partial charge in [0.2, 0.25) is 0 Å². The maximum Gasteiger partial charge on any atom is 0.573 e. The van der Waals surface area contributed by atoms with E-state index in [-0.39, 0.29) is 22.3 Å². The average molecular weight is 442 g/mol. The van der Waals surface area contributed by atoms with E-state index in [1.807, 2.05) is 6.92 Å². The summed E-state index contributed by atoms with van der Waals surface area (Å²) in [5.74, 6) is -0.429. The third-order valence-corrected chi connectivity index (χ3v) is 4.91. The van der Waals surface area contributed by atoms with Gasteiger partial charge in [-0.25, -0.2) is 9.97 Å². The molecule has 0 saturated heterocycles. The van der Waals surface area contributed by atoms with Gasteiger partial charge in [0.1, 0.15) is 17.0 Å². The highest BCUT2D eigenvalue weighted by atomic mass is 35.5. The molecule has 0 N–H and O–H groups in total. The zero-order valence-electron chi connectivity index (χ0n) is 16.5. The predicted molar refractivity (Wildman–Crippen MR) is 107 cm³/mol. The fourth-order valence-corrected chi connectivity index (χ4v) is 3.52. The Morgan fingerprint density at radius 2 is 1.97 bits per heavy atom. The fourth-order valence-electron chi connectivity index (χ4n) is 3.25. The third kappa shape index (κ3) is 4.41. The van der Waals surface area contributed by atoms with Gasteiger partial charge in [0.05, 0.1) is 17.7 Å². The summed E-state index contributed by atoms with van der Waals surface area (Å²) in [7, 11) is 1.55. The molecule has 160 valence electrons. The summed E-state index contributed by atoms with van der Waals surface area (Å²) in [5.41, 5.74) is 1.72. The quantitative estimate of drug-likeness (QED) is 0.543. The molecule has 6 nitrogen and oxygen atoms in total. The molecule has 0 radical (unpaired) electrons. The van der Waals surface area contributed by atoms with Crippen LogP contribution >= 0.6 is 11.6 Å². The Balaban J connectivity index is 2.22. The summed E-state index contributed by atoms with van der Waals surface area (Å²) in [6, 6.07) is 5.05. The number of aryl methyl sites for hydroxylation is 1. The van der Waals surface area contributed by atoms with Crippen LogP contribution in [-0.4, -0.2) is 34.6 Å². The van der Waals surface area contributed by atoms with Crippen molar-refractivity contribution in [1.29, 1.82) is 0 Å². The zero-order chi connectivity index (χ0) is 22.1. The van der Waals surface area contributed by atoms with E-state index in [0.29, 0.717) is 35.3 Å². The van der Waals surface area contributed by atoms with Gasteiger partial charge in [0.25, 0.3) is 5.56 Å². The van der Waals surface area contributed by atoms with E-state index in [9.17, 15) is 18.0 Å². The molecule has 0 bridgehead atoms. The number of methoxy groups -OCH3 is 1. The van der Waals surface area contributed by atoms with Crippen LogP contribution in [0.25, 0.3) is 22.3 Å². The molecule has 0 saturated carbocycles. The van der Waals surface area contributed by atoms with Crippen molar-refractivity contribution in [1.82, 2.24) is 14.5 Å². The largest absolute Gasteiger partial charge is 0.573 e. The Bertz CT molecular complexity index is 1130. The van der Waals surface area contributed by atoms with E-state index < -0.39 is 12.1 Å². The highest BCUT2D eigenvalue weighted by Gasteiger charge is 2.31. The van der Waals surface area contributed by atoms with Gasteiger partial charge in [-0.3, -0.25) is 9.36 Å². The first kappa shape index (κ1) is 22.0. The van der Waals surface area contributed by atoms with Crippen molar-refractivity contribution < 1.29 is 22.6 Å². The van der Waals surface area contributed by atoms with Gasteiger partial charge in [0.15, 0.2) is 5.65 Å². The van der Waals surface area contributed by atoms with E-state index in [0.717, 1.165) is 6.07 Å². The van der Waals surface area contributed by atoms with Gasteiger partial charge in [0, 0.05) is 24.4 Å². The molecular formula is C20H19ClF3N3O3. The first-order valence-corrected chi connectivity index (χ1v) is 9.46. The van der Waals surface area contributed by atoms with Crippen molar-refractivity contribution in [3.63, 3.8) is 0 Å². The first-order valence-electron chi connectivity index (χ1n) is 9.08. The highest BCUT2D eigenvalue weighted by molar-refractivity contribution is 6.33. The molecule has 0 unspecified atom stereocenters. The number of halogens is 4. The third-order valence-electron chi connectivity index (χ3n) is 4.60. The lowest BCUT2D eigenvalue weighted by Gasteiger charge is -2.20. The fraction of sp³-hybridized carbons (Fsp3) is 0.350. The maximum absolute atomic E-state index is 12.8. The molecule has 0 aliphatic carbocycles. The Labute approximate surface area is 175 Å². The van der Waals surface area contributed by atoms with E-state index in [4.69, 9.17) is 16.3 Å². The lowest BCUT2D eigenvalue weighted by molar-refractivity contribution is -0.274. The van der Waals surface area contributed by atoms with E-state index in [1.54, 1.807) is 24.7 Å². The molecule has 1 atom stereocenters. The Kier molecular flexibility index (Phi) is 6.33. The van der Waals surface area contributed by atoms with Gasteiger partial charge in [-0.05, 0) is 37.6 Å². The molecule has 0 aliphatic heterocycles. The van der Waals surface area contributed by atoms with Gasteiger partial charge >= 0.3 is 6.36 Å². The number of alkyl halides is 3. The molecule has 3 rings (SSSR count). The summed E-state index contributed by atoms with van der Waals surface area (Å²) in [5, 5.41) is 0.0467. The first-order chi connectivity index (χ1) is 14.2.